The Morgan fingerprint density at radius 2 is 1.77 bits per heavy atom. The van der Waals surface area contributed by atoms with Crippen molar-refractivity contribution < 1.29 is 0 Å². The van der Waals surface area contributed by atoms with Gasteiger partial charge in [-0.3, -0.25) is 0 Å². The van der Waals surface area contributed by atoms with Gasteiger partial charge in [0.1, 0.15) is 0 Å². The van der Waals surface area contributed by atoms with Crippen LogP contribution in [-0.2, 0) is 0 Å². The summed E-state index contributed by atoms with van der Waals surface area (Å²) in [5.41, 5.74) is 6.84. The van der Waals surface area contributed by atoms with Crippen molar-refractivity contribution in [3.05, 3.63) is 53.1 Å². The molecule has 116 valence electrons. The zero-order valence-electron chi connectivity index (χ0n) is 13.9. The highest BCUT2D eigenvalue weighted by atomic mass is 14.5. The molecule has 1 aromatic rings. The highest BCUT2D eigenvalue weighted by molar-refractivity contribution is 5.69. The fourth-order valence-electron chi connectivity index (χ4n) is 5.23. The van der Waals surface area contributed by atoms with E-state index in [0.717, 1.165) is 17.8 Å². The Bertz CT molecular complexity index is 590. The van der Waals surface area contributed by atoms with E-state index < -0.39 is 0 Å². The van der Waals surface area contributed by atoms with Crippen molar-refractivity contribution in [1.82, 2.24) is 0 Å². The average Bonchev–Trinajstić information content (AvgIpc) is 2.76. The standard InChI is InChI=1S/C22H28/c1-2-3-11-20-21-14-17(16-9-5-4-6-10-16)15-22(20)19-13-8-7-12-18(19)21/h4-6,9-10,14,20-22H,2-3,7-8,11-13,15H2,1H3. The molecule has 0 heterocycles. The summed E-state index contributed by atoms with van der Waals surface area (Å²) >= 11 is 0. The van der Waals surface area contributed by atoms with Crippen LogP contribution in [0.2, 0.25) is 0 Å². The SMILES string of the molecule is CCCCC1C2C=C(c3ccccc3)CC1C1=C2CCCC1. The molecule has 0 aromatic heterocycles. The second-order valence-electron chi connectivity index (χ2n) is 7.46. The van der Waals surface area contributed by atoms with Crippen molar-refractivity contribution in [3.8, 4) is 0 Å². The lowest BCUT2D eigenvalue weighted by Gasteiger charge is -2.32. The van der Waals surface area contributed by atoms with E-state index in [0.29, 0.717) is 0 Å². The molecule has 3 aliphatic rings. The van der Waals surface area contributed by atoms with E-state index >= 15 is 0 Å². The molecule has 0 N–H and O–H groups in total. The molecule has 2 bridgehead atoms. The Hall–Kier alpha value is -1.30. The van der Waals surface area contributed by atoms with Crippen LogP contribution in [0.5, 0.6) is 0 Å². The van der Waals surface area contributed by atoms with Gasteiger partial charge in [0.25, 0.3) is 0 Å². The van der Waals surface area contributed by atoms with Crippen LogP contribution < -0.4 is 0 Å². The Balaban J connectivity index is 1.67. The lowest BCUT2D eigenvalue weighted by molar-refractivity contribution is 0.316. The van der Waals surface area contributed by atoms with E-state index in [1.165, 1.54) is 56.9 Å². The zero-order chi connectivity index (χ0) is 14.9. The molecule has 0 saturated heterocycles. The molecule has 0 heteroatoms. The van der Waals surface area contributed by atoms with Gasteiger partial charge in [-0.1, -0.05) is 67.3 Å². The molecule has 0 spiro atoms. The predicted molar refractivity (Wildman–Crippen MR) is 94.5 cm³/mol. The summed E-state index contributed by atoms with van der Waals surface area (Å²) in [6.07, 6.45) is 13.8. The number of benzene rings is 1. The quantitative estimate of drug-likeness (QED) is 0.563. The van der Waals surface area contributed by atoms with Crippen LogP contribution in [0.25, 0.3) is 5.57 Å². The van der Waals surface area contributed by atoms with Gasteiger partial charge in [-0.15, -0.1) is 0 Å². The maximum Gasteiger partial charge on any atom is 0.00197 e. The highest BCUT2D eigenvalue weighted by Gasteiger charge is 2.44. The van der Waals surface area contributed by atoms with Crippen molar-refractivity contribution >= 4 is 5.57 Å². The predicted octanol–water partition coefficient (Wildman–Crippen LogP) is 6.40. The van der Waals surface area contributed by atoms with Crippen molar-refractivity contribution in [1.29, 1.82) is 0 Å². The van der Waals surface area contributed by atoms with Crippen LogP contribution >= 0.6 is 0 Å². The molecule has 0 saturated carbocycles. The first-order valence-corrected chi connectivity index (χ1v) is 9.36. The summed E-state index contributed by atoms with van der Waals surface area (Å²) in [7, 11) is 0. The van der Waals surface area contributed by atoms with E-state index in [9.17, 15) is 0 Å². The number of fused-ring (bicyclic) bond motifs is 4. The highest BCUT2D eigenvalue weighted by Crippen LogP contribution is 2.56. The zero-order valence-corrected chi connectivity index (χ0v) is 13.9. The van der Waals surface area contributed by atoms with Crippen LogP contribution in [0.4, 0.5) is 0 Å². The first kappa shape index (κ1) is 14.3. The Morgan fingerprint density at radius 3 is 2.55 bits per heavy atom. The molecule has 3 unspecified atom stereocenters. The van der Waals surface area contributed by atoms with Crippen molar-refractivity contribution in [2.24, 2.45) is 17.8 Å². The summed E-state index contributed by atoms with van der Waals surface area (Å²) < 4.78 is 0. The van der Waals surface area contributed by atoms with Crippen LogP contribution in [0.15, 0.2) is 47.6 Å². The van der Waals surface area contributed by atoms with Gasteiger partial charge in [0.15, 0.2) is 0 Å². The van der Waals surface area contributed by atoms with Gasteiger partial charge in [0.05, 0.1) is 0 Å². The number of rotatable bonds is 4. The molecular formula is C22H28. The van der Waals surface area contributed by atoms with Gasteiger partial charge in [-0.05, 0) is 61.5 Å². The Kier molecular flexibility index (Phi) is 3.94. The second kappa shape index (κ2) is 6.07. The number of allylic oxidation sites excluding steroid dienone is 4. The van der Waals surface area contributed by atoms with Crippen molar-refractivity contribution in [2.45, 2.75) is 58.3 Å². The van der Waals surface area contributed by atoms with Gasteiger partial charge >= 0.3 is 0 Å². The van der Waals surface area contributed by atoms with E-state index in [1.807, 2.05) is 11.1 Å². The van der Waals surface area contributed by atoms with E-state index in [1.54, 1.807) is 5.57 Å². The minimum absolute atomic E-state index is 0.774. The van der Waals surface area contributed by atoms with Crippen LogP contribution in [0, 0.1) is 17.8 Å². The van der Waals surface area contributed by atoms with Crippen LogP contribution in [0.3, 0.4) is 0 Å². The summed E-state index contributed by atoms with van der Waals surface area (Å²) in [6, 6.07) is 11.1. The summed E-state index contributed by atoms with van der Waals surface area (Å²) in [6.45, 7) is 2.34. The topological polar surface area (TPSA) is 0 Å². The number of unbranched alkanes of at least 4 members (excludes halogenated alkanes) is 1. The van der Waals surface area contributed by atoms with Crippen LogP contribution in [-0.4, -0.2) is 0 Å². The Labute approximate surface area is 135 Å². The van der Waals surface area contributed by atoms with E-state index in [2.05, 4.69) is 43.3 Å². The maximum absolute atomic E-state index is 2.67. The number of hydrogen-bond acceptors (Lipinski definition) is 0. The molecule has 0 radical (unpaired) electrons. The largest absolute Gasteiger partial charge is 0.0732 e. The minimum Gasteiger partial charge on any atom is -0.0732 e. The Morgan fingerprint density at radius 1 is 1.00 bits per heavy atom. The summed E-state index contributed by atoms with van der Waals surface area (Å²) in [4.78, 5) is 0. The van der Waals surface area contributed by atoms with Crippen molar-refractivity contribution in [2.75, 3.05) is 0 Å². The van der Waals surface area contributed by atoms with Gasteiger partial charge in [0.2, 0.25) is 0 Å². The molecule has 0 aliphatic heterocycles. The molecule has 4 rings (SSSR count). The third-order valence-corrected chi connectivity index (χ3v) is 6.24. The first-order valence-electron chi connectivity index (χ1n) is 9.36. The molecule has 1 aromatic carbocycles. The normalized spacial score (nSPS) is 30.2. The minimum atomic E-state index is 0.774. The first-order chi connectivity index (χ1) is 10.9. The maximum atomic E-state index is 2.67. The van der Waals surface area contributed by atoms with Gasteiger partial charge in [-0.25, -0.2) is 0 Å². The second-order valence-corrected chi connectivity index (χ2v) is 7.46. The van der Waals surface area contributed by atoms with Gasteiger partial charge in [-0.2, -0.15) is 0 Å². The van der Waals surface area contributed by atoms with Gasteiger partial charge in [0, 0.05) is 5.92 Å². The summed E-state index contributed by atoms with van der Waals surface area (Å²) in [5, 5.41) is 0. The van der Waals surface area contributed by atoms with E-state index in [-0.39, 0.29) is 0 Å². The molecule has 3 atom stereocenters. The molecule has 3 aliphatic carbocycles. The summed E-state index contributed by atoms with van der Waals surface area (Å²) in [5.74, 6) is 2.57. The lowest BCUT2D eigenvalue weighted by atomic mass is 9.72. The third-order valence-electron chi connectivity index (χ3n) is 6.24. The fraction of sp³-hybridized carbons (Fsp3) is 0.545. The van der Waals surface area contributed by atoms with Crippen molar-refractivity contribution in [3.63, 3.8) is 0 Å². The molecule has 22 heavy (non-hydrogen) atoms. The monoisotopic (exact) mass is 292 g/mol. The van der Waals surface area contributed by atoms with Crippen LogP contribution in [0.1, 0.15) is 63.9 Å². The smallest absolute Gasteiger partial charge is 0.00197 e. The molecular weight excluding hydrogens is 264 g/mol. The molecule has 0 amide bonds. The lowest BCUT2D eigenvalue weighted by Crippen LogP contribution is -2.22. The fourth-order valence-corrected chi connectivity index (χ4v) is 5.23. The molecule has 0 fully saturated rings. The van der Waals surface area contributed by atoms with E-state index in [4.69, 9.17) is 0 Å². The number of hydrogen-bond donors (Lipinski definition) is 0. The average molecular weight is 292 g/mol. The van der Waals surface area contributed by atoms with Gasteiger partial charge < -0.3 is 0 Å². The molecule has 0 nitrogen and oxygen atoms in total. The third kappa shape index (κ3) is 2.37.